The van der Waals surface area contributed by atoms with E-state index in [1.165, 1.54) is 12.0 Å². The van der Waals surface area contributed by atoms with E-state index in [0.29, 0.717) is 19.1 Å². The number of hydrogen-bond donors (Lipinski definition) is 2. The third-order valence-electron chi connectivity index (χ3n) is 5.73. The van der Waals surface area contributed by atoms with Crippen LogP contribution in [0.3, 0.4) is 0 Å². The number of piperidine rings is 1. The molecule has 1 saturated heterocycles. The number of ether oxygens (including phenoxy) is 1. The van der Waals surface area contributed by atoms with Crippen molar-refractivity contribution in [2.24, 2.45) is 7.05 Å². The van der Waals surface area contributed by atoms with Crippen molar-refractivity contribution in [3.05, 3.63) is 48.0 Å². The first-order valence-corrected chi connectivity index (χ1v) is 9.37. The van der Waals surface area contributed by atoms with Gasteiger partial charge in [-0.2, -0.15) is 0 Å². The van der Waals surface area contributed by atoms with Gasteiger partial charge in [0.25, 0.3) is 0 Å². The van der Waals surface area contributed by atoms with E-state index in [-0.39, 0.29) is 11.4 Å². The number of nitrogens with zero attached hydrogens (tertiary/aromatic N) is 2. The quantitative estimate of drug-likeness (QED) is 0.835. The second-order valence-corrected chi connectivity index (χ2v) is 7.42. The van der Waals surface area contributed by atoms with Gasteiger partial charge < -0.3 is 19.9 Å². The van der Waals surface area contributed by atoms with Crippen molar-refractivity contribution in [2.75, 3.05) is 0 Å². The molecule has 2 aromatic rings. The Morgan fingerprint density at radius 1 is 1.35 bits per heavy atom. The number of imidazole rings is 1. The number of amides is 1. The Hall–Kier alpha value is -2.34. The van der Waals surface area contributed by atoms with E-state index in [1.54, 1.807) is 6.20 Å². The minimum Gasteiger partial charge on any atom is -0.486 e. The van der Waals surface area contributed by atoms with Gasteiger partial charge in [-0.3, -0.25) is 4.79 Å². The zero-order valence-electron chi connectivity index (χ0n) is 15.2. The summed E-state index contributed by atoms with van der Waals surface area (Å²) in [5, 5.41) is 6.89. The van der Waals surface area contributed by atoms with Gasteiger partial charge in [-0.15, -0.1) is 0 Å². The number of benzene rings is 1. The lowest BCUT2D eigenvalue weighted by atomic mass is 9.68. The molecule has 1 amide bonds. The summed E-state index contributed by atoms with van der Waals surface area (Å²) in [6.45, 7) is 1.27. The third kappa shape index (κ3) is 3.46. The van der Waals surface area contributed by atoms with Gasteiger partial charge in [-0.05, 0) is 43.4 Å². The molecular weight excluding hydrogens is 328 g/mol. The fourth-order valence-corrected chi connectivity index (χ4v) is 3.94. The van der Waals surface area contributed by atoms with Gasteiger partial charge in [0.2, 0.25) is 5.91 Å². The van der Waals surface area contributed by atoms with Crippen molar-refractivity contribution in [2.45, 2.75) is 56.8 Å². The first-order chi connectivity index (χ1) is 12.6. The molecule has 0 bridgehead atoms. The molecule has 1 aliphatic carbocycles. The van der Waals surface area contributed by atoms with E-state index in [2.05, 4.69) is 27.8 Å². The molecule has 1 aromatic carbocycles. The average molecular weight is 354 g/mol. The van der Waals surface area contributed by atoms with Crippen LogP contribution in [0.15, 0.2) is 36.7 Å². The van der Waals surface area contributed by atoms with Crippen LogP contribution in [0.1, 0.15) is 43.5 Å². The number of aryl methyl sites for hydroxylation is 1. The molecule has 2 N–H and O–H groups in total. The van der Waals surface area contributed by atoms with Crippen LogP contribution in [-0.4, -0.2) is 27.0 Å². The molecule has 138 valence electrons. The topological polar surface area (TPSA) is 68.2 Å². The summed E-state index contributed by atoms with van der Waals surface area (Å²) in [6, 6.07) is 8.56. The van der Waals surface area contributed by atoms with Crippen molar-refractivity contribution in [3.8, 4) is 5.75 Å². The van der Waals surface area contributed by atoms with E-state index in [4.69, 9.17) is 4.74 Å². The van der Waals surface area contributed by atoms with Gasteiger partial charge in [0.1, 0.15) is 18.2 Å². The first-order valence-electron chi connectivity index (χ1n) is 9.37. The molecule has 1 atom stereocenters. The highest BCUT2D eigenvalue weighted by molar-refractivity contribution is 5.78. The van der Waals surface area contributed by atoms with Gasteiger partial charge in [-0.1, -0.05) is 12.1 Å². The highest BCUT2D eigenvalue weighted by Crippen LogP contribution is 2.39. The molecule has 1 spiro atoms. The highest BCUT2D eigenvalue weighted by atomic mass is 16.5. The molecule has 6 nitrogen and oxygen atoms in total. The van der Waals surface area contributed by atoms with Crippen LogP contribution in [0, 0.1) is 0 Å². The summed E-state index contributed by atoms with van der Waals surface area (Å²) in [5.74, 6) is 1.95. The van der Waals surface area contributed by atoms with Crippen LogP contribution in [0.5, 0.6) is 5.75 Å². The summed E-state index contributed by atoms with van der Waals surface area (Å²) >= 11 is 0. The Morgan fingerprint density at radius 2 is 2.15 bits per heavy atom. The lowest BCUT2D eigenvalue weighted by Crippen LogP contribution is -2.67. The van der Waals surface area contributed by atoms with Crippen LogP contribution in [0.2, 0.25) is 0 Å². The zero-order chi connectivity index (χ0) is 18.0. The van der Waals surface area contributed by atoms with Crippen LogP contribution in [0.4, 0.5) is 0 Å². The third-order valence-corrected chi connectivity index (χ3v) is 5.73. The maximum absolute atomic E-state index is 11.7. The maximum atomic E-state index is 11.7. The Kier molecular flexibility index (Phi) is 4.68. The molecule has 4 rings (SSSR count). The minimum absolute atomic E-state index is 0.000449. The van der Waals surface area contributed by atoms with Crippen molar-refractivity contribution in [3.63, 3.8) is 0 Å². The number of nitrogens with one attached hydrogen (secondary N) is 2. The minimum atomic E-state index is 0.000449. The summed E-state index contributed by atoms with van der Waals surface area (Å²) in [4.78, 5) is 16.0. The molecule has 1 saturated carbocycles. The monoisotopic (exact) mass is 354 g/mol. The molecule has 1 unspecified atom stereocenters. The summed E-state index contributed by atoms with van der Waals surface area (Å²) < 4.78 is 7.76. The van der Waals surface area contributed by atoms with Crippen molar-refractivity contribution < 1.29 is 9.53 Å². The predicted octanol–water partition coefficient (Wildman–Crippen LogP) is 2.29. The summed E-state index contributed by atoms with van der Waals surface area (Å²) in [7, 11) is 1.96. The molecule has 0 radical (unpaired) electrons. The zero-order valence-corrected chi connectivity index (χ0v) is 15.2. The fourth-order valence-electron chi connectivity index (χ4n) is 3.94. The fraction of sp³-hybridized carbons (Fsp3) is 0.500. The van der Waals surface area contributed by atoms with Crippen molar-refractivity contribution in [1.29, 1.82) is 0 Å². The van der Waals surface area contributed by atoms with Crippen molar-refractivity contribution in [1.82, 2.24) is 20.2 Å². The lowest BCUT2D eigenvalue weighted by molar-refractivity contribution is -0.128. The van der Waals surface area contributed by atoms with Crippen LogP contribution < -0.4 is 15.4 Å². The van der Waals surface area contributed by atoms with Crippen LogP contribution in [-0.2, 0) is 25.0 Å². The SMILES string of the molecule is Cn1ccnc1COc1ccc(CNC2CCC(=O)NC23CCC3)cc1. The van der Waals surface area contributed by atoms with Gasteiger partial charge in [0.15, 0.2) is 0 Å². The Labute approximate surface area is 154 Å². The Balaban J connectivity index is 1.30. The predicted molar refractivity (Wildman–Crippen MR) is 98.6 cm³/mol. The maximum Gasteiger partial charge on any atom is 0.220 e. The van der Waals surface area contributed by atoms with Gasteiger partial charge in [0.05, 0.1) is 5.54 Å². The van der Waals surface area contributed by atoms with E-state index in [1.807, 2.05) is 29.9 Å². The average Bonchev–Trinajstić information content (AvgIpc) is 3.03. The van der Waals surface area contributed by atoms with Crippen LogP contribution >= 0.6 is 0 Å². The second kappa shape index (κ2) is 7.11. The normalized spacial score (nSPS) is 21.3. The molecule has 1 aliphatic heterocycles. The standard InChI is InChI=1S/C20H26N4O2/c1-24-12-11-21-18(24)14-26-16-5-3-15(4-6-16)13-22-17-7-8-19(25)23-20(17)9-2-10-20/h3-6,11-12,17,22H,2,7-10,13-14H2,1H3,(H,23,25). The van der Waals surface area contributed by atoms with Gasteiger partial charge in [-0.25, -0.2) is 4.98 Å². The van der Waals surface area contributed by atoms with Crippen molar-refractivity contribution >= 4 is 5.91 Å². The summed E-state index contributed by atoms with van der Waals surface area (Å²) in [6.07, 6.45) is 8.63. The molecular formula is C20H26N4O2. The number of rotatable bonds is 6. The van der Waals surface area contributed by atoms with E-state index < -0.39 is 0 Å². The van der Waals surface area contributed by atoms with Gasteiger partial charge in [0, 0.05) is 38.4 Å². The van der Waals surface area contributed by atoms with E-state index in [0.717, 1.165) is 37.4 Å². The number of carbonyl (C=O) groups excluding carboxylic acids is 1. The Morgan fingerprint density at radius 3 is 2.81 bits per heavy atom. The van der Waals surface area contributed by atoms with Gasteiger partial charge >= 0.3 is 0 Å². The first kappa shape index (κ1) is 17.1. The molecule has 26 heavy (non-hydrogen) atoms. The Bertz CT molecular complexity index is 764. The molecule has 2 fully saturated rings. The number of carbonyl (C=O) groups is 1. The molecule has 1 aromatic heterocycles. The highest BCUT2D eigenvalue weighted by Gasteiger charge is 2.47. The number of hydrogen-bond acceptors (Lipinski definition) is 4. The van der Waals surface area contributed by atoms with E-state index in [9.17, 15) is 4.79 Å². The second-order valence-electron chi connectivity index (χ2n) is 7.42. The molecule has 2 heterocycles. The summed E-state index contributed by atoms with van der Waals surface area (Å²) in [5.41, 5.74) is 1.22. The molecule has 6 heteroatoms. The van der Waals surface area contributed by atoms with E-state index >= 15 is 0 Å². The largest absolute Gasteiger partial charge is 0.486 e. The molecule has 2 aliphatic rings. The lowest BCUT2D eigenvalue weighted by Gasteiger charge is -2.51. The smallest absolute Gasteiger partial charge is 0.220 e. The number of aromatic nitrogens is 2. The van der Waals surface area contributed by atoms with Crippen LogP contribution in [0.25, 0.3) is 0 Å².